The highest BCUT2D eigenvalue weighted by Gasteiger charge is 2.26. The van der Waals surface area contributed by atoms with Gasteiger partial charge >= 0.3 is 5.97 Å². The van der Waals surface area contributed by atoms with Crippen LogP contribution >= 0.6 is 0 Å². The van der Waals surface area contributed by atoms with Gasteiger partial charge in [0, 0.05) is 23.6 Å². The van der Waals surface area contributed by atoms with E-state index in [4.69, 9.17) is 9.73 Å². The fourth-order valence-electron chi connectivity index (χ4n) is 3.65. The van der Waals surface area contributed by atoms with Crippen molar-refractivity contribution >= 4 is 11.7 Å². The topological polar surface area (TPSA) is 50.7 Å². The van der Waals surface area contributed by atoms with Crippen molar-refractivity contribution in [3.8, 4) is 0 Å². The number of ether oxygens (including phenoxy) is 1. The van der Waals surface area contributed by atoms with E-state index in [0.29, 0.717) is 12.5 Å². The van der Waals surface area contributed by atoms with E-state index in [1.807, 2.05) is 94.6 Å². The summed E-state index contributed by atoms with van der Waals surface area (Å²) in [5.74, 6) is -0.305. The first-order chi connectivity index (χ1) is 16.2. The summed E-state index contributed by atoms with van der Waals surface area (Å²) in [4.78, 5) is 18.2. The van der Waals surface area contributed by atoms with Gasteiger partial charge < -0.3 is 10.1 Å². The average molecular weight is 463 g/mol. The van der Waals surface area contributed by atoms with E-state index in [0.717, 1.165) is 28.8 Å². The molecule has 0 fully saturated rings. The number of rotatable bonds is 12. The zero-order chi connectivity index (χ0) is 25.0. The molecule has 0 saturated heterocycles. The average Bonchev–Trinajstić information content (AvgIpc) is 2.80. The van der Waals surface area contributed by atoms with E-state index >= 15 is 0 Å². The van der Waals surface area contributed by atoms with Crippen LogP contribution in [0.3, 0.4) is 0 Å². The Bertz CT molecular complexity index is 886. The molecule has 0 aromatic heterocycles. The fourth-order valence-corrected chi connectivity index (χ4v) is 3.65. The number of carbonyl (C=O) groups is 1. The van der Waals surface area contributed by atoms with Crippen LogP contribution in [-0.2, 0) is 9.53 Å². The SMILES string of the molecule is CCCCCC(C)N/C=C(\C)C[C@H](N=C(c1ccccc1)c1ccccc1)C(=O)OC(C)(C)C. The maximum atomic E-state index is 13.2. The number of unbranched alkanes of at least 4 members (excludes halogenated alkanes) is 2. The summed E-state index contributed by atoms with van der Waals surface area (Å²) in [6, 6.07) is 19.8. The molecular weight excluding hydrogens is 420 g/mol. The van der Waals surface area contributed by atoms with Gasteiger partial charge in [-0.1, -0.05) is 92.4 Å². The van der Waals surface area contributed by atoms with E-state index in [1.54, 1.807) is 0 Å². The van der Waals surface area contributed by atoms with Crippen LogP contribution in [0.5, 0.6) is 0 Å². The van der Waals surface area contributed by atoms with Crippen LogP contribution in [0.4, 0.5) is 0 Å². The van der Waals surface area contributed by atoms with Crippen molar-refractivity contribution < 1.29 is 9.53 Å². The third-order valence-corrected chi connectivity index (χ3v) is 5.43. The standard InChI is InChI=1S/C30H42N2O2/c1-7-8-11-16-24(3)31-22-23(2)21-27(29(33)34-30(4,5)6)32-28(25-17-12-9-13-18-25)26-19-14-10-15-20-26/h9-10,12-15,17-20,22,24,27,31H,7-8,11,16,21H2,1-6H3/b23-22+/t24?,27-/m0/s1. The minimum absolute atomic E-state index is 0.305. The number of hydrogen-bond donors (Lipinski definition) is 1. The molecule has 0 aliphatic rings. The Balaban J connectivity index is 2.33. The van der Waals surface area contributed by atoms with Gasteiger partial charge in [0.05, 0.1) is 5.71 Å². The molecule has 0 saturated carbocycles. The number of aliphatic imine (C=N–C) groups is 1. The van der Waals surface area contributed by atoms with E-state index in [1.165, 1.54) is 19.3 Å². The van der Waals surface area contributed by atoms with Gasteiger partial charge in [-0.25, -0.2) is 4.79 Å². The predicted octanol–water partition coefficient (Wildman–Crippen LogP) is 7.09. The van der Waals surface area contributed by atoms with Crippen molar-refractivity contribution in [1.29, 1.82) is 0 Å². The summed E-state index contributed by atoms with van der Waals surface area (Å²) in [5, 5.41) is 3.49. The molecule has 34 heavy (non-hydrogen) atoms. The quantitative estimate of drug-likeness (QED) is 0.208. The lowest BCUT2D eigenvalue weighted by molar-refractivity contribution is -0.156. The monoisotopic (exact) mass is 462 g/mol. The van der Waals surface area contributed by atoms with Gasteiger partial charge in [0.1, 0.15) is 5.60 Å². The van der Waals surface area contributed by atoms with Gasteiger partial charge in [-0.05, 0) is 47.2 Å². The van der Waals surface area contributed by atoms with Crippen molar-refractivity contribution in [2.75, 3.05) is 0 Å². The predicted molar refractivity (Wildman–Crippen MR) is 143 cm³/mol. The van der Waals surface area contributed by atoms with E-state index in [-0.39, 0.29) is 5.97 Å². The van der Waals surface area contributed by atoms with Crippen LogP contribution in [0.1, 0.15) is 84.8 Å². The normalized spacial score (nSPS) is 13.6. The molecule has 4 heteroatoms. The summed E-state index contributed by atoms with van der Waals surface area (Å²) in [7, 11) is 0. The van der Waals surface area contributed by atoms with Gasteiger partial charge in [0.25, 0.3) is 0 Å². The van der Waals surface area contributed by atoms with Crippen LogP contribution in [-0.4, -0.2) is 29.4 Å². The third-order valence-electron chi connectivity index (χ3n) is 5.43. The molecule has 0 heterocycles. The first-order valence-corrected chi connectivity index (χ1v) is 12.5. The number of esters is 1. The maximum Gasteiger partial charge on any atom is 0.331 e. The summed E-state index contributed by atoms with van der Waals surface area (Å²) in [6.07, 6.45) is 7.37. The second kappa shape index (κ2) is 13.7. The van der Waals surface area contributed by atoms with Crippen molar-refractivity contribution in [2.45, 2.75) is 91.3 Å². The van der Waals surface area contributed by atoms with Crippen LogP contribution < -0.4 is 5.32 Å². The molecule has 0 aliphatic carbocycles. The number of nitrogens with one attached hydrogen (secondary N) is 1. The smallest absolute Gasteiger partial charge is 0.331 e. The van der Waals surface area contributed by atoms with Crippen molar-refractivity contribution in [3.63, 3.8) is 0 Å². The highest BCUT2D eigenvalue weighted by Crippen LogP contribution is 2.19. The molecule has 4 nitrogen and oxygen atoms in total. The fraction of sp³-hybridized carbons (Fsp3) is 0.467. The Morgan fingerprint density at radius 2 is 1.56 bits per heavy atom. The summed E-state index contributed by atoms with van der Waals surface area (Å²) < 4.78 is 5.77. The lowest BCUT2D eigenvalue weighted by atomic mass is 10.0. The first kappa shape index (κ1) is 27.4. The van der Waals surface area contributed by atoms with Gasteiger partial charge in [-0.15, -0.1) is 0 Å². The molecule has 0 amide bonds. The molecule has 2 atom stereocenters. The molecule has 2 rings (SSSR count). The highest BCUT2D eigenvalue weighted by atomic mass is 16.6. The Morgan fingerprint density at radius 1 is 1.00 bits per heavy atom. The molecule has 2 aromatic carbocycles. The molecule has 0 spiro atoms. The van der Waals surface area contributed by atoms with Crippen molar-refractivity contribution in [2.24, 2.45) is 4.99 Å². The summed E-state index contributed by atoms with van der Waals surface area (Å²) in [5.41, 5.74) is 3.25. The Hall–Kier alpha value is -2.88. The summed E-state index contributed by atoms with van der Waals surface area (Å²) >= 11 is 0. The molecule has 2 aromatic rings. The maximum absolute atomic E-state index is 13.2. The van der Waals surface area contributed by atoms with Gasteiger partial charge in [-0.2, -0.15) is 0 Å². The van der Waals surface area contributed by atoms with E-state index < -0.39 is 11.6 Å². The van der Waals surface area contributed by atoms with Crippen LogP contribution in [0.25, 0.3) is 0 Å². The van der Waals surface area contributed by atoms with Crippen molar-refractivity contribution in [3.05, 3.63) is 83.6 Å². The molecule has 1 N–H and O–H groups in total. The van der Waals surface area contributed by atoms with Crippen LogP contribution in [0.2, 0.25) is 0 Å². The lowest BCUT2D eigenvalue weighted by Crippen LogP contribution is -2.32. The zero-order valence-electron chi connectivity index (χ0n) is 21.8. The first-order valence-electron chi connectivity index (χ1n) is 12.5. The number of hydrogen-bond acceptors (Lipinski definition) is 4. The van der Waals surface area contributed by atoms with Gasteiger partial charge in [0.15, 0.2) is 6.04 Å². The highest BCUT2D eigenvalue weighted by molar-refractivity contribution is 6.13. The Labute approximate surface area is 206 Å². The molecule has 1 unspecified atom stereocenters. The van der Waals surface area contributed by atoms with Gasteiger partial charge in [-0.3, -0.25) is 4.99 Å². The lowest BCUT2D eigenvalue weighted by Gasteiger charge is -2.23. The second-order valence-electron chi connectivity index (χ2n) is 10.0. The minimum atomic E-state index is -0.636. The van der Waals surface area contributed by atoms with Crippen LogP contribution in [0.15, 0.2) is 77.4 Å². The Kier molecular flexibility index (Phi) is 11.1. The van der Waals surface area contributed by atoms with E-state index in [9.17, 15) is 4.79 Å². The van der Waals surface area contributed by atoms with Gasteiger partial charge in [0.2, 0.25) is 0 Å². The zero-order valence-corrected chi connectivity index (χ0v) is 21.8. The molecule has 0 aliphatic heterocycles. The molecule has 0 radical (unpaired) electrons. The Morgan fingerprint density at radius 3 is 2.06 bits per heavy atom. The number of nitrogens with zero attached hydrogens (tertiary/aromatic N) is 1. The molecule has 0 bridgehead atoms. The minimum Gasteiger partial charge on any atom is -0.458 e. The van der Waals surface area contributed by atoms with Crippen molar-refractivity contribution in [1.82, 2.24) is 5.32 Å². The number of carbonyl (C=O) groups excluding carboxylic acids is 1. The number of benzene rings is 2. The third kappa shape index (κ3) is 9.94. The molecular formula is C30H42N2O2. The second-order valence-corrected chi connectivity index (χ2v) is 10.0. The van der Waals surface area contributed by atoms with Crippen LogP contribution in [0, 0.1) is 0 Å². The summed E-state index contributed by atoms with van der Waals surface area (Å²) in [6.45, 7) is 12.1. The largest absolute Gasteiger partial charge is 0.458 e. The van der Waals surface area contributed by atoms with E-state index in [2.05, 4.69) is 19.2 Å². The molecule has 184 valence electrons.